The summed E-state index contributed by atoms with van der Waals surface area (Å²) in [5.74, 6) is 0. The Bertz CT molecular complexity index is 432. The maximum Gasteiger partial charge on any atom is 0.254 e. The van der Waals surface area contributed by atoms with Crippen molar-refractivity contribution in [1.82, 2.24) is 9.29 Å². The summed E-state index contributed by atoms with van der Waals surface area (Å²) in [6.45, 7) is 3.11. The van der Waals surface area contributed by atoms with Crippen molar-refractivity contribution in [2.24, 2.45) is 0 Å². The Morgan fingerprint density at radius 3 is 2.81 bits per heavy atom. The van der Waals surface area contributed by atoms with Crippen LogP contribution in [0.4, 0.5) is 0 Å². The summed E-state index contributed by atoms with van der Waals surface area (Å²) in [7, 11) is -1.97. The average molecular weight is 285 g/mol. The van der Waals surface area contributed by atoms with Crippen molar-refractivity contribution in [2.75, 3.05) is 26.8 Å². The van der Waals surface area contributed by atoms with Gasteiger partial charge in [-0.1, -0.05) is 22.9 Å². The van der Waals surface area contributed by atoms with Gasteiger partial charge < -0.3 is 4.74 Å². The molecule has 0 aromatic carbocycles. The maximum atomic E-state index is 11.9. The van der Waals surface area contributed by atoms with Crippen molar-refractivity contribution < 1.29 is 13.2 Å². The molecule has 16 heavy (non-hydrogen) atoms. The number of hydrogen-bond acceptors (Lipinski definition) is 5. The summed E-state index contributed by atoms with van der Waals surface area (Å²) >= 11 is 6.54. The molecule has 0 aliphatic heterocycles. The van der Waals surface area contributed by atoms with Crippen LogP contribution in [-0.4, -0.2) is 44.5 Å². The standard InChI is InChI=1S/C8H13ClN2O3S2/c1-3-14-5-4-11(2)16(12,13)7-6-10-8(9)15-7/h6H,3-5H2,1-2H3. The molecule has 0 atom stereocenters. The van der Waals surface area contributed by atoms with Crippen LogP contribution in [0.15, 0.2) is 10.4 Å². The fraction of sp³-hybridized carbons (Fsp3) is 0.625. The molecule has 1 aromatic heterocycles. The third kappa shape index (κ3) is 3.39. The number of nitrogens with zero attached hydrogens (tertiary/aromatic N) is 2. The van der Waals surface area contributed by atoms with E-state index in [9.17, 15) is 8.42 Å². The Hall–Kier alpha value is -0.210. The zero-order valence-corrected chi connectivity index (χ0v) is 11.4. The van der Waals surface area contributed by atoms with Crippen LogP contribution in [0.2, 0.25) is 4.47 Å². The van der Waals surface area contributed by atoms with Crippen LogP contribution in [0.3, 0.4) is 0 Å². The van der Waals surface area contributed by atoms with Gasteiger partial charge in [0, 0.05) is 20.2 Å². The lowest BCUT2D eigenvalue weighted by Crippen LogP contribution is -2.29. The molecule has 0 aliphatic rings. The Balaban J connectivity index is 2.70. The van der Waals surface area contributed by atoms with E-state index in [1.165, 1.54) is 17.5 Å². The van der Waals surface area contributed by atoms with E-state index in [0.29, 0.717) is 19.8 Å². The molecule has 1 rings (SSSR count). The number of halogens is 1. The van der Waals surface area contributed by atoms with Crippen molar-refractivity contribution in [3.63, 3.8) is 0 Å². The molecule has 92 valence electrons. The van der Waals surface area contributed by atoms with Gasteiger partial charge in [0.25, 0.3) is 10.0 Å². The molecular weight excluding hydrogens is 272 g/mol. The van der Waals surface area contributed by atoms with Crippen LogP contribution in [0.5, 0.6) is 0 Å². The lowest BCUT2D eigenvalue weighted by atomic mass is 10.7. The molecule has 1 aromatic rings. The first-order chi connectivity index (χ1) is 7.48. The van der Waals surface area contributed by atoms with Gasteiger partial charge in [0.2, 0.25) is 0 Å². The van der Waals surface area contributed by atoms with Crippen molar-refractivity contribution in [3.05, 3.63) is 10.7 Å². The molecule has 0 saturated heterocycles. The second-order valence-corrected chi connectivity index (χ2v) is 6.84. The fourth-order valence-corrected chi connectivity index (χ4v) is 3.63. The molecule has 0 radical (unpaired) electrons. The van der Waals surface area contributed by atoms with Crippen LogP contribution in [0, 0.1) is 0 Å². The summed E-state index contributed by atoms with van der Waals surface area (Å²) < 4.78 is 30.5. The van der Waals surface area contributed by atoms with Crippen LogP contribution < -0.4 is 0 Å². The third-order valence-electron chi connectivity index (χ3n) is 1.88. The molecule has 0 unspecified atom stereocenters. The van der Waals surface area contributed by atoms with Crippen molar-refractivity contribution >= 4 is 33.0 Å². The molecule has 0 amide bonds. The number of rotatable bonds is 6. The Morgan fingerprint density at radius 1 is 1.62 bits per heavy atom. The zero-order chi connectivity index (χ0) is 12.2. The van der Waals surface area contributed by atoms with Gasteiger partial charge in [-0.2, -0.15) is 4.31 Å². The van der Waals surface area contributed by atoms with Crippen molar-refractivity contribution in [2.45, 2.75) is 11.1 Å². The summed E-state index contributed by atoms with van der Waals surface area (Å²) in [6.07, 6.45) is 1.26. The predicted molar refractivity (Wildman–Crippen MR) is 63.4 cm³/mol. The van der Waals surface area contributed by atoms with E-state index < -0.39 is 10.0 Å². The summed E-state index contributed by atoms with van der Waals surface area (Å²) in [6, 6.07) is 0. The van der Waals surface area contributed by atoms with Crippen LogP contribution in [0.25, 0.3) is 0 Å². The van der Waals surface area contributed by atoms with Gasteiger partial charge in [0.1, 0.15) is 0 Å². The summed E-state index contributed by atoms with van der Waals surface area (Å²) in [5.41, 5.74) is 0. The SMILES string of the molecule is CCOCCN(C)S(=O)(=O)c1cnc(Cl)s1. The second kappa shape index (κ2) is 5.92. The van der Waals surface area contributed by atoms with E-state index in [-0.39, 0.29) is 8.68 Å². The summed E-state index contributed by atoms with van der Waals surface area (Å²) in [4.78, 5) is 3.71. The van der Waals surface area contributed by atoms with E-state index in [1.54, 1.807) is 0 Å². The molecular formula is C8H13ClN2O3S2. The smallest absolute Gasteiger partial charge is 0.254 e. The third-order valence-corrected chi connectivity index (χ3v) is 5.28. The largest absolute Gasteiger partial charge is 0.380 e. The normalized spacial score (nSPS) is 12.2. The molecule has 0 N–H and O–H groups in total. The Kier molecular flexibility index (Phi) is 5.13. The minimum Gasteiger partial charge on any atom is -0.380 e. The molecule has 0 spiro atoms. The fourth-order valence-electron chi connectivity index (χ4n) is 0.970. The Labute approximate surface area is 104 Å². The zero-order valence-electron chi connectivity index (χ0n) is 9.01. The van der Waals surface area contributed by atoms with Crippen molar-refractivity contribution in [3.8, 4) is 0 Å². The van der Waals surface area contributed by atoms with E-state index in [4.69, 9.17) is 16.3 Å². The molecule has 0 aliphatic carbocycles. The number of sulfonamides is 1. The van der Waals surface area contributed by atoms with Gasteiger partial charge in [-0.3, -0.25) is 0 Å². The maximum absolute atomic E-state index is 11.9. The second-order valence-electron chi connectivity index (χ2n) is 2.96. The highest BCUT2D eigenvalue weighted by Gasteiger charge is 2.22. The minimum atomic E-state index is -3.47. The summed E-state index contributed by atoms with van der Waals surface area (Å²) in [5, 5.41) is 0. The molecule has 8 heteroatoms. The van der Waals surface area contributed by atoms with Crippen LogP contribution in [0.1, 0.15) is 6.92 Å². The predicted octanol–water partition coefficient (Wildman–Crippen LogP) is 1.45. The molecule has 0 fully saturated rings. The first-order valence-electron chi connectivity index (χ1n) is 4.64. The number of thiazole rings is 1. The van der Waals surface area contributed by atoms with E-state index in [2.05, 4.69) is 4.98 Å². The van der Waals surface area contributed by atoms with E-state index in [1.807, 2.05) is 6.92 Å². The molecule has 0 saturated carbocycles. The first kappa shape index (κ1) is 13.9. The molecule has 5 nitrogen and oxygen atoms in total. The number of hydrogen-bond donors (Lipinski definition) is 0. The monoisotopic (exact) mass is 284 g/mol. The highest BCUT2D eigenvalue weighted by Crippen LogP contribution is 2.24. The van der Waals surface area contributed by atoms with Gasteiger partial charge in [-0.05, 0) is 6.92 Å². The van der Waals surface area contributed by atoms with Gasteiger partial charge in [0.05, 0.1) is 12.8 Å². The number of aromatic nitrogens is 1. The van der Waals surface area contributed by atoms with Crippen LogP contribution in [-0.2, 0) is 14.8 Å². The molecule has 1 heterocycles. The first-order valence-corrected chi connectivity index (χ1v) is 7.27. The topological polar surface area (TPSA) is 59.5 Å². The van der Waals surface area contributed by atoms with Gasteiger partial charge >= 0.3 is 0 Å². The highest BCUT2D eigenvalue weighted by atomic mass is 35.5. The lowest BCUT2D eigenvalue weighted by Gasteiger charge is -2.15. The number of ether oxygens (including phenoxy) is 1. The average Bonchev–Trinajstić information content (AvgIpc) is 2.65. The van der Waals surface area contributed by atoms with Gasteiger partial charge in [-0.15, -0.1) is 0 Å². The lowest BCUT2D eigenvalue weighted by molar-refractivity contribution is 0.138. The quantitative estimate of drug-likeness (QED) is 0.742. The minimum absolute atomic E-state index is 0.150. The molecule has 0 bridgehead atoms. The van der Waals surface area contributed by atoms with Crippen LogP contribution >= 0.6 is 22.9 Å². The van der Waals surface area contributed by atoms with Gasteiger partial charge in [0.15, 0.2) is 8.68 Å². The number of likely N-dealkylation sites (N-methyl/N-ethyl adjacent to an activating group) is 1. The van der Waals surface area contributed by atoms with Gasteiger partial charge in [-0.25, -0.2) is 13.4 Å². The Morgan fingerprint density at radius 2 is 2.31 bits per heavy atom. The van der Waals surface area contributed by atoms with Crippen molar-refractivity contribution in [1.29, 1.82) is 0 Å². The highest BCUT2D eigenvalue weighted by molar-refractivity contribution is 7.91. The van der Waals surface area contributed by atoms with E-state index in [0.717, 1.165) is 11.3 Å². The van der Waals surface area contributed by atoms with E-state index >= 15 is 0 Å².